The zero-order chi connectivity index (χ0) is 16.1. The van der Waals surface area contributed by atoms with Crippen LogP contribution in [0.4, 0.5) is 0 Å². The Balaban J connectivity index is 1.57. The minimum absolute atomic E-state index is 0.125. The minimum atomic E-state index is -0.370. The van der Waals surface area contributed by atoms with Gasteiger partial charge in [0.1, 0.15) is 11.5 Å². The number of thiophene rings is 1. The second-order valence-corrected chi connectivity index (χ2v) is 5.79. The first-order valence-corrected chi connectivity index (χ1v) is 7.76. The van der Waals surface area contributed by atoms with Crippen LogP contribution < -0.4 is 10.2 Å². The lowest BCUT2D eigenvalue weighted by atomic mass is 10.2. The Morgan fingerprint density at radius 3 is 2.70 bits per heavy atom. The Kier molecular flexibility index (Phi) is 4.54. The highest BCUT2D eigenvalue weighted by atomic mass is 32.1. The van der Waals surface area contributed by atoms with E-state index in [2.05, 4.69) is 10.5 Å². The summed E-state index contributed by atoms with van der Waals surface area (Å²) < 4.78 is 6.27. The van der Waals surface area contributed by atoms with Gasteiger partial charge in [-0.15, -0.1) is 11.3 Å². The first-order chi connectivity index (χ1) is 11.2. The zero-order valence-corrected chi connectivity index (χ0v) is 12.9. The molecular weight excluding hydrogens is 312 g/mol. The van der Waals surface area contributed by atoms with E-state index in [4.69, 9.17) is 4.74 Å². The fourth-order valence-corrected chi connectivity index (χ4v) is 2.97. The summed E-state index contributed by atoms with van der Waals surface area (Å²) in [6.45, 7) is -0.125. The van der Waals surface area contributed by atoms with Crippen LogP contribution >= 0.6 is 11.3 Å². The Bertz CT molecular complexity index is 843. The first kappa shape index (κ1) is 15.1. The summed E-state index contributed by atoms with van der Waals surface area (Å²) >= 11 is 1.40. The van der Waals surface area contributed by atoms with Crippen molar-refractivity contribution >= 4 is 33.5 Å². The molecule has 1 amide bonds. The van der Waals surface area contributed by atoms with Crippen LogP contribution in [0.25, 0.3) is 10.1 Å². The van der Waals surface area contributed by atoms with Gasteiger partial charge in [-0.2, -0.15) is 5.10 Å². The summed E-state index contributed by atoms with van der Waals surface area (Å²) in [4.78, 5) is 12.2. The third-order valence-electron chi connectivity index (χ3n) is 3.08. The van der Waals surface area contributed by atoms with Gasteiger partial charge in [-0.05, 0) is 24.3 Å². The normalized spacial score (nSPS) is 11.0. The fraction of sp³-hybridized carbons (Fsp3) is 0.0588. The summed E-state index contributed by atoms with van der Waals surface area (Å²) in [6.07, 6.45) is 1.43. The number of hydrogen-bond acceptors (Lipinski definition) is 5. The Morgan fingerprint density at radius 1 is 1.17 bits per heavy atom. The quantitative estimate of drug-likeness (QED) is 0.559. The zero-order valence-electron chi connectivity index (χ0n) is 12.1. The molecule has 0 aliphatic carbocycles. The maximum absolute atomic E-state index is 11.7. The van der Waals surface area contributed by atoms with Crippen LogP contribution in [0.3, 0.4) is 0 Å². The minimum Gasteiger partial charge on any atom is -0.506 e. The molecule has 23 heavy (non-hydrogen) atoms. The molecule has 0 spiro atoms. The van der Waals surface area contributed by atoms with Crippen molar-refractivity contribution in [2.45, 2.75) is 0 Å². The second-order valence-electron chi connectivity index (χ2n) is 4.71. The molecule has 2 N–H and O–H groups in total. The van der Waals surface area contributed by atoms with Crippen molar-refractivity contribution in [2.75, 3.05) is 6.61 Å². The lowest BCUT2D eigenvalue weighted by Crippen LogP contribution is -2.24. The molecule has 3 rings (SSSR count). The monoisotopic (exact) mass is 326 g/mol. The molecule has 5 nitrogen and oxygen atoms in total. The van der Waals surface area contributed by atoms with Crippen molar-refractivity contribution in [3.8, 4) is 11.5 Å². The standard InChI is InChI=1S/C17H14N2O3S/c20-16(11-22-12-6-2-1-3-7-12)19-18-10-15-17(21)13-8-4-5-9-14(13)23-15/h1-10,21H,11H2,(H,19,20)/b18-10-. The van der Waals surface area contributed by atoms with Crippen LogP contribution in [0, 0.1) is 0 Å². The molecule has 0 fully saturated rings. The van der Waals surface area contributed by atoms with Crippen molar-refractivity contribution in [2.24, 2.45) is 5.10 Å². The second kappa shape index (κ2) is 6.93. The molecule has 0 unspecified atom stereocenters. The number of hydrogen-bond donors (Lipinski definition) is 2. The number of fused-ring (bicyclic) bond motifs is 1. The highest BCUT2D eigenvalue weighted by Crippen LogP contribution is 2.35. The molecule has 1 aromatic heterocycles. The number of ether oxygens (including phenoxy) is 1. The number of nitrogens with zero attached hydrogens (tertiary/aromatic N) is 1. The first-order valence-electron chi connectivity index (χ1n) is 6.94. The van der Waals surface area contributed by atoms with E-state index in [0.717, 1.165) is 10.1 Å². The maximum atomic E-state index is 11.7. The van der Waals surface area contributed by atoms with Gasteiger partial charge in [-0.3, -0.25) is 4.79 Å². The number of aromatic hydroxyl groups is 1. The van der Waals surface area contributed by atoms with Crippen molar-refractivity contribution < 1.29 is 14.6 Å². The van der Waals surface area contributed by atoms with Crippen LogP contribution in [0.15, 0.2) is 59.7 Å². The number of carbonyl (C=O) groups excluding carboxylic acids is 1. The summed E-state index contributed by atoms with van der Waals surface area (Å²) in [5.74, 6) is 0.420. The predicted octanol–water partition coefficient (Wildman–Crippen LogP) is 3.14. The fourth-order valence-electron chi connectivity index (χ4n) is 2.00. The highest BCUT2D eigenvalue weighted by Gasteiger charge is 2.08. The number of hydrazone groups is 1. The van der Waals surface area contributed by atoms with Crippen LogP contribution in [-0.2, 0) is 4.79 Å². The lowest BCUT2D eigenvalue weighted by Gasteiger charge is -2.03. The molecule has 0 saturated heterocycles. The molecule has 2 aromatic carbocycles. The highest BCUT2D eigenvalue weighted by molar-refractivity contribution is 7.21. The van der Waals surface area contributed by atoms with E-state index in [-0.39, 0.29) is 18.3 Å². The van der Waals surface area contributed by atoms with Crippen molar-refractivity contribution in [3.63, 3.8) is 0 Å². The van der Waals surface area contributed by atoms with E-state index in [1.165, 1.54) is 17.6 Å². The molecular formula is C17H14N2O3S. The summed E-state index contributed by atoms with van der Waals surface area (Å²) in [6, 6.07) is 16.6. The third kappa shape index (κ3) is 3.67. The SMILES string of the molecule is O=C(COc1ccccc1)N/N=C\c1sc2ccccc2c1O. The Labute approximate surface area is 136 Å². The van der Waals surface area contributed by atoms with Gasteiger partial charge in [0.25, 0.3) is 5.91 Å². The van der Waals surface area contributed by atoms with Crippen LogP contribution in [0.5, 0.6) is 11.5 Å². The molecule has 116 valence electrons. The van der Waals surface area contributed by atoms with Crippen LogP contribution in [-0.4, -0.2) is 23.8 Å². The molecule has 0 bridgehead atoms. The molecule has 1 heterocycles. The number of rotatable bonds is 5. The topological polar surface area (TPSA) is 70.9 Å². The average molecular weight is 326 g/mol. The molecule has 0 aliphatic heterocycles. The van der Waals surface area contributed by atoms with Gasteiger partial charge < -0.3 is 9.84 Å². The molecule has 0 aliphatic rings. The van der Waals surface area contributed by atoms with Gasteiger partial charge in [0.15, 0.2) is 6.61 Å². The van der Waals surface area contributed by atoms with E-state index in [1.807, 2.05) is 42.5 Å². The van der Waals surface area contributed by atoms with E-state index >= 15 is 0 Å². The molecule has 6 heteroatoms. The van der Waals surface area contributed by atoms with E-state index in [9.17, 15) is 9.90 Å². The van der Waals surface area contributed by atoms with E-state index < -0.39 is 0 Å². The molecule has 0 radical (unpaired) electrons. The number of carbonyl (C=O) groups is 1. The van der Waals surface area contributed by atoms with Crippen LogP contribution in [0.1, 0.15) is 4.88 Å². The van der Waals surface area contributed by atoms with E-state index in [0.29, 0.717) is 10.6 Å². The Hall–Kier alpha value is -2.86. The summed E-state index contributed by atoms with van der Waals surface area (Å²) in [5, 5.41) is 14.7. The maximum Gasteiger partial charge on any atom is 0.277 e. The summed E-state index contributed by atoms with van der Waals surface area (Å²) in [7, 11) is 0. The number of para-hydroxylation sites is 1. The van der Waals surface area contributed by atoms with Crippen LogP contribution in [0.2, 0.25) is 0 Å². The van der Waals surface area contributed by atoms with Gasteiger partial charge >= 0.3 is 0 Å². The number of amides is 1. The predicted molar refractivity (Wildman–Crippen MR) is 91.2 cm³/mol. The number of benzene rings is 2. The average Bonchev–Trinajstić information content (AvgIpc) is 2.91. The van der Waals surface area contributed by atoms with Gasteiger partial charge in [0.05, 0.1) is 11.1 Å². The van der Waals surface area contributed by atoms with Gasteiger partial charge in [-0.1, -0.05) is 30.3 Å². The smallest absolute Gasteiger partial charge is 0.277 e. The van der Waals surface area contributed by atoms with Gasteiger partial charge in [-0.25, -0.2) is 5.43 Å². The molecule has 0 saturated carbocycles. The van der Waals surface area contributed by atoms with Crippen molar-refractivity contribution in [1.82, 2.24) is 5.43 Å². The summed E-state index contributed by atoms with van der Waals surface area (Å²) in [5.41, 5.74) is 2.37. The largest absolute Gasteiger partial charge is 0.506 e. The lowest BCUT2D eigenvalue weighted by molar-refractivity contribution is -0.123. The molecule has 3 aromatic rings. The van der Waals surface area contributed by atoms with E-state index in [1.54, 1.807) is 12.1 Å². The van der Waals surface area contributed by atoms with Gasteiger partial charge in [0.2, 0.25) is 0 Å². The molecule has 0 atom stereocenters. The Morgan fingerprint density at radius 2 is 1.91 bits per heavy atom. The number of nitrogens with one attached hydrogen (secondary N) is 1. The van der Waals surface area contributed by atoms with Crippen molar-refractivity contribution in [3.05, 3.63) is 59.5 Å². The van der Waals surface area contributed by atoms with Gasteiger partial charge in [0, 0.05) is 10.1 Å². The van der Waals surface area contributed by atoms with Crippen molar-refractivity contribution in [1.29, 1.82) is 0 Å². The third-order valence-corrected chi connectivity index (χ3v) is 4.17.